The predicted octanol–water partition coefficient (Wildman–Crippen LogP) is 0.750. The molecule has 0 aromatic carbocycles. The van der Waals surface area contributed by atoms with Crippen molar-refractivity contribution >= 4 is 35.8 Å². The molecule has 14 heteroatoms. The van der Waals surface area contributed by atoms with Crippen molar-refractivity contribution in [3.05, 3.63) is 0 Å². The lowest BCUT2D eigenvalue weighted by molar-refractivity contribution is -0.318. The number of carbonyl (C=O) groups excluding carboxylic acids is 6. The Morgan fingerprint density at radius 2 is 1.29 bits per heavy atom. The maximum absolute atomic E-state index is 12.3. The van der Waals surface area contributed by atoms with E-state index in [4.69, 9.17) is 37.9 Å². The van der Waals surface area contributed by atoms with E-state index in [1.165, 1.54) is 6.92 Å². The number of ether oxygens (including phenoxy) is 8. The normalized spacial score (nSPS) is 24.2. The first kappa shape index (κ1) is 32.8. The number of carbonyl (C=O) groups is 6. The van der Waals surface area contributed by atoms with Crippen molar-refractivity contribution < 1.29 is 66.7 Å². The third kappa shape index (κ3) is 11.9. The first-order chi connectivity index (χ1) is 17.7. The molecule has 38 heavy (non-hydrogen) atoms. The van der Waals surface area contributed by atoms with Crippen LogP contribution in [0.25, 0.3) is 0 Å². The van der Waals surface area contributed by atoms with E-state index in [0.717, 1.165) is 27.7 Å². The Morgan fingerprint density at radius 3 is 1.79 bits per heavy atom. The van der Waals surface area contributed by atoms with Gasteiger partial charge >= 0.3 is 35.8 Å². The maximum Gasteiger partial charge on any atom is 0.308 e. The van der Waals surface area contributed by atoms with Crippen LogP contribution in [0.5, 0.6) is 0 Å². The van der Waals surface area contributed by atoms with Crippen molar-refractivity contribution in [2.45, 2.75) is 104 Å². The van der Waals surface area contributed by atoms with Crippen LogP contribution < -0.4 is 0 Å². The maximum atomic E-state index is 12.3. The second kappa shape index (κ2) is 15.9. The molecule has 0 saturated carbocycles. The standard InChI is InChI=1S/C24H36O14/c1-8-31-20(30)10-18(9-12(2)33-14(4)26)37-24-23(36-17(7)29)22(35-16(6)28)21(34-15(5)27)19(38-24)11-32-13(3)25/h12,18-19,21-24H,8-11H2,1-7H3/t12?,18?,19-,21-,22+,23-,24-/m1/s1. The topological polar surface area (TPSA) is 176 Å². The zero-order chi connectivity index (χ0) is 29.0. The summed E-state index contributed by atoms with van der Waals surface area (Å²) in [5.41, 5.74) is 0. The highest BCUT2D eigenvalue weighted by Gasteiger charge is 2.53. The Bertz CT molecular complexity index is 855. The van der Waals surface area contributed by atoms with Gasteiger partial charge in [-0.3, -0.25) is 28.8 Å². The summed E-state index contributed by atoms with van der Waals surface area (Å²) < 4.78 is 43.1. The van der Waals surface area contributed by atoms with Crippen molar-refractivity contribution in [1.82, 2.24) is 0 Å². The summed E-state index contributed by atoms with van der Waals surface area (Å²) in [6, 6.07) is 0. The van der Waals surface area contributed by atoms with Crippen molar-refractivity contribution in [1.29, 1.82) is 0 Å². The van der Waals surface area contributed by atoms with E-state index in [1.807, 2.05) is 0 Å². The van der Waals surface area contributed by atoms with Gasteiger partial charge in [-0.05, 0) is 13.8 Å². The molecule has 0 bridgehead atoms. The Balaban J connectivity index is 3.44. The average Bonchev–Trinajstić information content (AvgIpc) is 2.75. The lowest BCUT2D eigenvalue weighted by Crippen LogP contribution is -2.63. The van der Waals surface area contributed by atoms with Crippen LogP contribution in [0.1, 0.15) is 61.3 Å². The molecule has 0 amide bonds. The van der Waals surface area contributed by atoms with Gasteiger partial charge < -0.3 is 37.9 Å². The molecule has 0 N–H and O–H groups in total. The molecule has 0 aliphatic carbocycles. The summed E-state index contributed by atoms with van der Waals surface area (Å²) in [6.07, 6.45) is -8.98. The fraction of sp³-hybridized carbons (Fsp3) is 0.750. The minimum atomic E-state index is -1.50. The summed E-state index contributed by atoms with van der Waals surface area (Å²) in [6.45, 7) is 8.51. The van der Waals surface area contributed by atoms with Gasteiger partial charge in [0.25, 0.3) is 0 Å². The van der Waals surface area contributed by atoms with Crippen LogP contribution >= 0.6 is 0 Å². The zero-order valence-corrected chi connectivity index (χ0v) is 22.6. The Labute approximate surface area is 220 Å². The minimum absolute atomic E-state index is 0.00522. The fourth-order valence-electron chi connectivity index (χ4n) is 3.78. The number of hydrogen-bond donors (Lipinski definition) is 0. The van der Waals surface area contributed by atoms with E-state index in [1.54, 1.807) is 13.8 Å². The zero-order valence-electron chi connectivity index (χ0n) is 22.6. The molecule has 1 rings (SSSR count). The van der Waals surface area contributed by atoms with Gasteiger partial charge in [0.1, 0.15) is 18.8 Å². The van der Waals surface area contributed by atoms with E-state index in [9.17, 15) is 28.8 Å². The monoisotopic (exact) mass is 548 g/mol. The first-order valence-electron chi connectivity index (χ1n) is 12.0. The second-order valence-electron chi connectivity index (χ2n) is 8.49. The fourth-order valence-corrected chi connectivity index (χ4v) is 3.78. The van der Waals surface area contributed by atoms with Gasteiger partial charge in [-0.2, -0.15) is 0 Å². The van der Waals surface area contributed by atoms with Gasteiger partial charge in [-0.1, -0.05) is 0 Å². The van der Waals surface area contributed by atoms with Crippen LogP contribution in [-0.4, -0.2) is 91.9 Å². The van der Waals surface area contributed by atoms with Gasteiger partial charge in [0.05, 0.1) is 19.1 Å². The first-order valence-corrected chi connectivity index (χ1v) is 12.0. The van der Waals surface area contributed by atoms with Crippen molar-refractivity contribution in [3.8, 4) is 0 Å². The van der Waals surface area contributed by atoms with Crippen molar-refractivity contribution in [3.63, 3.8) is 0 Å². The summed E-state index contributed by atoms with van der Waals surface area (Å²) in [7, 11) is 0. The molecule has 0 aromatic heterocycles. The van der Waals surface area contributed by atoms with Gasteiger partial charge in [-0.15, -0.1) is 0 Å². The van der Waals surface area contributed by atoms with Crippen LogP contribution in [0.3, 0.4) is 0 Å². The highest BCUT2D eigenvalue weighted by Crippen LogP contribution is 2.31. The van der Waals surface area contributed by atoms with Crippen LogP contribution in [-0.2, 0) is 66.7 Å². The molecule has 0 radical (unpaired) electrons. The van der Waals surface area contributed by atoms with Crippen LogP contribution in [0.2, 0.25) is 0 Å². The van der Waals surface area contributed by atoms with Gasteiger partial charge in [0.15, 0.2) is 24.6 Å². The molecular weight excluding hydrogens is 512 g/mol. The van der Waals surface area contributed by atoms with Crippen molar-refractivity contribution in [2.75, 3.05) is 13.2 Å². The summed E-state index contributed by atoms with van der Waals surface area (Å²) in [5.74, 6) is -4.24. The molecule has 14 nitrogen and oxygen atoms in total. The highest BCUT2D eigenvalue weighted by atomic mass is 16.7. The lowest BCUT2D eigenvalue weighted by Gasteiger charge is -2.44. The third-order valence-electron chi connectivity index (χ3n) is 4.94. The molecular formula is C24H36O14. The van der Waals surface area contributed by atoms with E-state index < -0.39 is 85.3 Å². The molecule has 0 aromatic rings. The number of rotatable bonds is 13. The van der Waals surface area contributed by atoms with Gasteiger partial charge in [0.2, 0.25) is 0 Å². The molecule has 1 heterocycles. The summed E-state index contributed by atoms with van der Waals surface area (Å²) >= 11 is 0. The molecule has 0 spiro atoms. The third-order valence-corrected chi connectivity index (χ3v) is 4.94. The van der Waals surface area contributed by atoms with E-state index >= 15 is 0 Å². The quantitative estimate of drug-likeness (QED) is 0.233. The molecule has 2 unspecified atom stereocenters. The smallest absolute Gasteiger partial charge is 0.308 e. The molecule has 1 aliphatic rings. The molecule has 1 fully saturated rings. The van der Waals surface area contributed by atoms with E-state index in [-0.39, 0.29) is 19.4 Å². The average molecular weight is 549 g/mol. The van der Waals surface area contributed by atoms with Gasteiger partial charge in [-0.25, -0.2) is 0 Å². The van der Waals surface area contributed by atoms with Gasteiger partial charge in [0, 0.05) is 41.0 Å². The second-order valence-corrected chi connectivity index (χ2v) is 8.49. The lowest BCUT2D eigenvalue weighted by atomic mass is 9.97. The number of hydrogen-bond acceptors (Lipinski definition) is 14. The molecule has 216 valence electrons. The van der Waals surface area contributed by atoms with Crippen LogP contribution in [0.4, 0.5) is 0 Å². The predicted molar refractivity (Wildman–Crippen MR) is 124 cm³/mol. The highest BCUT2D eigenvalue weighted by molar-refractivity contribution is 5.70. The largest absolute Gasteiger partial charge is 0.466 e. The Kier molecular flexibility index (Phi) is 13.7. The molecule has 7 atom stereocenters. The van der Waals surface area contributed by atoms with Crippen molar-refractivity contribution in [2.24, 2.45) is 0 Å². The Morgan fingerprint density at radius 1 is 0.737 bits per heavy atom. The SMILES string of the molecule is CCOC(=O)CC(CC(C)OC(C)=O)O[C@@H]1O[C@H](COC(C)=O)[C@@H](OC(C)=O)[C@H](OC(C)=O)[C@H]1OC(C)=O. The Hall–Kier alpha value is -3.26. The van der Waals surface area contributed by atoms with E-state index in [2.05, 4.69) is 0 Å². The number of esters is 6. The minimum Gasteiger partial charge on any atom is -0.466 e. The molecule has 1 saturated heterocycles. The summed E-state index contributed by atoms with van der Waals surface area (Å²) in [5, 5.41) is 0. The van der Waals surface area contributed by atoms with E-state index in [0.29, 0.717) is 0 Å². The van der Waals surface area contributed by atoms with Crippen LogP contribution in [0, 0.1) is 0 Å². The summed E-state index contributed by atoms with van der Waals surface area (Å²) in [4.78, 5) is 70.9. The van der Waals surface area contributed by atoms with Crippen LogP contribution in [0.15, 0.2) is 0 Å². The molecule has 1 aliphatic heterocycles.